The van der Waals surface area contributed by atoms with E-state index in [4.69, 9.17) is 15.1 Å². The maximum atomic E-state index is 10.6. The molecular weight excluding hydrogens is 230 g/mol. The molecule has 0 atom stereocenters. The fraction of sp³-hybridized carbons (Fsp3) is 0.429. The Morgan fingerprint density at radius 2 is 2.28 bits per heavy atom. The number of carboxylic acid groups (broad SMARTS) is 1. The molecule has 1 aromatic carbocycles. The fourth-order valence-electron chi connectivity index (χ4n) is 1.87. The molecule has 1 aliphatic rings. The number of hydrogen-bond acceptors (Lipinski definition) is 3. The molecule has 94 valence electrons. The van der Waals surface area contributed by atoms with Crippen LogP contribution >= 0.6 is 0 Å². The lowest BCUT2D eigenvalue weighted by molar-refractivity contribution is -0.136. The topological polar surface area (TPSA) is 70.3 Å². The van der Waals surface area contributed by atoms with Crippen LogP contribution in [-0.4, -0.2) is 17.7 Å². The average Bonchev–Trinajstić information content (AvgIpc) is 3.07. The van der Waals surface area contributed by atoms with Gasteiger partial charge in [0.05, 0.1) is 19.1 Å². The first-order valence-electron chi connectivity index (χ1n) is 5.94. The van der Waals surface area contributed by atoms with Gasteiger partial charge in [0, 0.05) is 11.8 Å². The maximum absolute atomic E-state index is 10.6. The quantitative estimate of drug-likeness (QED) is 0.835. The van der Waals surface area contributed by atoms with Gasteiger partial charge >= 0.3 is 5.97 Å². The predicted molar refractivity (Wildman–Crippen MR) is 65.2 cm³/mol. The molecule has 0 radical (unpaired) electrons. The predicted octanol–water partition coefficient (Wildman–Crippen LogP) is 2.39. The summed E-state index contributed by atoms with van der Waals surface area (Å²) in [4.78, 5) is 10.6. The molecule has 18 heavy (non-hydrogen) atoms. The Morgan fingerprint density at radius 1 is 1.50 bits per heavy atom. The van der Waals surface area contributed by atoms with Crippen molar-refractivity contribution in [2.24, 2.45) is 5.41 Å². The first-order chi connectivity index (χ1) is 8.63. The molecule has 1 aromatic rings. The zero-order valence-electron chi connectivity index (χ0n) is 10.1. The molecule has 1 saturated carbocycles. The van der Waals surface area contributed by atoms with Crippen molar-refractivity contribution in [2.45, 2.75) is 25.7 Å². The van der Waals surface area contributed by atoms with Gasteiger partial charge in [-0.25, -0.2) is 0 Å². The molecule has 0 spiro atoms. The monoisotopic (exact) mass is 245 g/mol. The second kappa shape index (κ2) is 5.09. The Morgan fingerprint density at radius 3 is 2.89 bits per heavy atom. The lowest BCUT2D eigenvalue weighted by atomic mass is 10.1. The molecule has 2 rings (SSSR count). The van der Waals surface area contributed by atoms with E-state index in [-0.39, 0.29) is 11.8 Å². The van der Waals surface area contributed by atoms with E-state index >= 15 is 0 Å². The molecule has 1 N–H and O–H groups in total. The summed E-state index contributed by atoms with van der Waals surface area (Å²) < 4.78 is 5.66. The van der Waals surface area contributed by atoms with Crippen LogP contribution in [0.4, 0.5) is 0 Å². The van der Waals surface area contributed by atoms with Crippen molar-refractivity contribution in [3.05, 3.63) is 29.8 Å². The zero-order chi connectivity index (χ0) is 13.0. The van der Waals surface area contributed by atoms with Gasteiger partial charge in [0.1, 0.15) is 5.75 Å². The Balaban J connectivity index is 1.93. The molecule has 0 aromatic heterocycles. The van der Waals surface area contributed by atoms with Crippen molar-refractivity contribution in [1.29, 1.82) is 5.26 Å². The second-order valence-electron chi connectivity index (χ2n) is 4.84. The number of ether oxygens (including phenoxy) is 1. The van der Waals surface area contributed by atoms with Crippen LogP contribution in [0.15, 0.2) is 24.3 Å². The van der Waals surface area contributed by atoms with Gasteiger partial charge in [0.2, 0.25) is 0 Å². The van der Waals surface area contributed by atoms with E-state index in [1.807, 2.05) is 6.07 Å². The number of nitrogens with zero attached hydrogens (tertiary/aromatic N) is 1. The first kappa shape index (κ1) is 12.4. The van der Waals surface area contributed by atoms with Gasteiger partial charge in [-0.2, -0.15) is 5.26 Å². The minimum Gasteiger partial charge on any atom is -0.493 e. The summed E-state index contributed by atoms with van der Waals surface area (Å²) in [5.41, 5.74) is 0.766. The van der Waals surface area contributed by atoms with E-state index in [1.165, 1.54) is 0 Å². The van der Waals surface area contributed by atoms with Gasteiger partial charge in [-0.1, -0.05) is 12.1 Å². The van der Waals surface area contributed by atoms with Crippen molar-refractivity contribution in [1.82, 2.24) is 0 Å². The number of rotatable bonds is 6. The van der Waals surface area contributed by atoms with Crippen molar-refractivity contribution in [3.63, 3.8) is 0 Å². The third-order valence-corrected chi connectivity index (χ3v) is 3.21. The molecule has 0 unspecified atom stereocenters. The highest BCUT2D eigenvalue weighted by molar-refractivity contribution is 5.70. The van der Waals surface area contributed by atoms with E-state index in [2.05, 4.69) is 6.07 Å². The second-order valence-corrected chi connectivity index (χ2v) is 4.84. The van der Waals surface area contributed by atoms with Crippen molar-refractivity contribution in [3.8, 4) is 11.8 Å². The SMILES string of the molecule is N#CCC1(COc2cccc(CC(=O)O)c2)CC1. The molecule has 0 heterocycles. The molecular formula is C14H15NO3. The Kier molecular flexibility index (Phi) is 3.52. The van der Waals surface area contributed by atoms with E-state index in [0.29, 0.717) is 18.8 Å². The maximum Gasteiger partial charge on any atom is 0.307 e. The summed E-state index contributed by atoms with van der Waals surface area (Å²) in [6, 6.07) is 9.30. The standard InChI is InChI=1S/C14H15NO3/c15-7-6-14(4-5-14)10-18-12-3-1-2-11(8-12)9-13(16)17/h1-3,8H,4-6,9-10H2,(H,16,17). The van der Waals surface area contributed by atoms with Gasteiger partial charge < -0.3 is 9.84 Å². The molecule has 1 fully saturated rings. The summed E-state index contributed by atoms with van der Waals surface area (Å²) in [5, 5.41) is 17.4. The Bertz CT molecular complexity index is 486. The van der Waals surface area contributed by atoms with Crippen molar-refractivity contribution in [2.75, 3.05) is 6.61 Å². The van der Waals surface area contributed by atoms with Crippen LogP contribution < -0.4 is 4.74 Å². The lowest BCUT2D eigenvalue weighted by Gasteiger charge is -2.13. The van der Waals surface area contributed by atoms with E-state index in [0.717, 1.165) is 18.4 Å². The smallest absolute Gasteiger partial charge is 0.307 e. The molecule has 1 aliphatic carbocycles. The lowest BCUT2D eigenvalue weighted by Crippen LogP contribution is -2.12. The molecule has 0 aliphatic heterocycles. The number of nitriles is 1. The van der Waals surface area contributed by atoms with Gasteiger partial charge in [-0.3, -0.25) is 4.79 Å². The largest absolute Gasteiger partial charge is 0.493 e. The third-order valence-electron chi connectivity index (χ3n) is 3.21. The van der Waals surface area contributed by atoms with Crippen LogP contribution in [0.5, 0.6) is 5.75 Å². The van der Waals surface area contributed by atoms with Crippen LogP contribution in [0.25, 0.3) is 0 Å². The Hall–Kier alpha value is -2.02. The summed E-state index contributed by atoms with van der Waals surface area (Å²) in [6.45, 7) is 0.539. The molecule has 0 bridgehead atoms. The van der Waals surface area contributed by atoms with Gasteiger partial charge in [-0.15, -0.1) is 0 Å². The van der Waals surface area contributed by atoms with Crippen LogP contribution in [0.1, 0.15) is 24.8 Å². The summed E-state index contributed by atoms with van der Waals surface area (Å²) in [6.07, 6.45) is 2.60. The van der Waals surface area contributed by atoms with Gasteiger partial charge in [-0.05, 0) is 30.5 Å². The van der Waals surface area contributed by atoms with Crippen LogP contribution in [-0.2, 0) is 11.2 Å². The van der Waals surface area contributed by atoms with Crippen LogP contribution in [0.3, 0.4) is 0 Å². The van der Waals surface area contributed by atoms with Crippen LogP contribution in [0.2, 0.25) is 0 Å². The molecule has 4 nitrogen and oxygen atoms in total. The van der Waals surface area contributed by atoms with E-state index in [1.54, 1.807) is 18.2 Å². The van der Waals surface area contributed by atoms with Crippen molar-refractivity contribution >= 4 is 5.97 Å². The fourth-order valence-corrected chi connectivity index (χ4v) is 1.87. The number of aliphatic carboxylic acids is 1. The third kappa shape index (κ3) is 3.24. The Labute approximate surface area is 106 Å². The minimum atomic E-state index is -0.852. The van der Waals surface area contributed by atoms with E-state index in [9.17, 15) is 4.79 Å². The van der Waals surface area contributed by atoms with Gasteiger partial charge in [0.15, 0.2) is 0 Å². The first-order valence-corrected chi connectivity index (χ1v) is 5.94. The van der Waals surface area contributed by atoms with Crippen molar-refractivity contribution < 1.29 is 14.6 Å². The van der Waals surface area contributed by atoms with Crippen LogP contribution in [0, 0.1) is 16.7 Å². The molecule has 0 amide bonds. The normalized spacial score (nSPS) is 15.7. The average molecular weight is 245 g/mol. The number of carbonyl (C=O) groups is 1. The zero-order valence-corrected chi connectivity index (χ0v) is 10.1. The number of carboxylic acids is 1. The summed E-state index contributed by atoms with van der Waals surface area (Å²) in [5.74, 6) is -0.173. The molecule has 4 heteroatoms. The summed E-state index contributed by atoms with van der Waals surface area (Å²) in [7, 11) is 0. The van der Waals surface area contributed by atoms with E-state index < -0.39 is 5.97 Å². The highest BCUT2D eigenvalue weighted by Crippen LogP contribution is 2.48. The molecule has 0 saturated heterocycles. The highest BCUT2D eigenvalue weighted by atomic mass is 16.5. The van der Waals surface area contributed by atoms with Gasteiger partial charge in [0.25, 0.3) is 0 Å². The highest BCUT2D eigenvalue weighted by Gasteiger charge is 2.43. The number of benzene rings is 1. The number of hydrogen-bond donors (Lipinski definition) is 1. The minimum absolute atomic E-state index is 0.000534. The summed E-state index contributed by atoms with van der Waals surface area (Å²) >= 11 is 0.